The molecule has 1 aliphatic heterocycles. The molecule has 2 aromatic rings. The summed E-state index contributed by atoms with van der Waals surface area (Å²) in [5, 5.41) is 11.0. The van der Waals surface area contributed by atoms with Crippen molar-refractivity contribution >= 4 is 35.6 Å². The summed E-state index contributed by atoms with van der Waals surface area (Å²) in [6, 6.07) is 8.56. The molecule has 2 N–H and O–H groups in total. The number of hydrogen-bond acceptors (Lipinski definition) is 5. The predicted molar refractivity (Wildman–Crippen MR) is 132 cm³/mol. The highest BCUT2D eigenvalue weighted by atomic mass is 127. The van der Waals surface area contributed by atoms with Crippen LogP contribution in [0.1, 0.15) is 36.8 Å². The molecule has 30 heavy (non-hydrogen) atoms. The first-order valence-electron chi connectivity index (χ1n) is 10.5. The molecule has 0 radical (unpaired) electrons. The van der Waals surface area contributed by atoms with Gasteiger partial charge in [0.15, 0.2) is 5.96 Å². The number of guanidine groups is 1. The van der Waals surface area contributed by atoms with E-state index >= 15 is 0 Å². The van der Waals surface area contributed by atoms with Crippen molar-refractivity contribution in [2.45, 2.75) is 46.1 Å². The molecule has 8 heteroatoms. The summed E-state index contributed by atoms with van der Waals surface area (Å²) < 4.78 is 10.8. The second-order valence-corrected chi connectivity index (χ2v) is 7.41. The molecule has 1 saturated heterocycles. The SMILES string of the molecule is CCNC(=NCCCc1c(C)noc1C)NC1CCN(c2ccccc2OC)C1.I. The average Bonchev–Trinajstić information content (AvgIpc) is 3.32. The van der Waals surface area contributed by atoms with Crippen LogP contribution in [0.5, 0.6) is 5.75 Å². The van der Waals surface area contributed by atoms with Gasteiger partial charge in [-0.3, -0.25) is 4.99 Å². The summed E-state index contributed by atoms with van der Waals surface area (Å²) >= 11 is 0. The van der Waals surface area contributed by atoms with E-state index in [-0.39, 0.29) is 24.0 Å². The quantitative estimate of drug-likeness (QED) is 0.236. The first-order valence-corrected chi connectivity index (χ1v) is 10.5. The van der Waals surface area contributed by atoms with E-state index in [1.165, 1.54) is 5.56 Å². The van der Waals surface area contributed by atoms with Crippen LogP contribution in [0.15, 0.2) is 33.8 Å². The molecule has 1 aromatic heterocycles. The van der Waals surface area contributed by atoms with Crippen molar-refractivity contribution in [2.75, 3.05) is 38.2 Å². The van der Waals surface area contributed by atoms with Crippen LogP contribution < -0.4 is 20.3 Å². The molecule has 0 amide bonds. The lowest BCUT2D eigenvalue weighted by Gasteiger charge is -2.22. The van der Waals surface area contributed by atoms with Gasteiger partial charge in [0, 0.05) is 37.8 Å². The smallest absolute Gasteiger partial charge is 0.191 e. The molecule has 1 aliphatic rings. The van der Waals surface area contributed by atoms with Crippen LogP contribution >= 0.6 is 24.0 Å². The predicted octanol–water partition coefficient (Wildman–Crippen LogP) is 3.68. The van der Waals surface area contributed by atoms with E-state index in [2.05, 4.69) is 39.7 Å². The van der Waals surface area contributed by atoms with Gasteiger partial charge in [0.1, 0.15) is 11.5 Å². The number of halogens is 1. The largest absolute Gasteiger partial charge is 0.495 e. The first-order chi connectivity index (χ1) is 14.1. The van der Waals surface area contributed by atoms with Gasteiger partial charge in [-0.25, -0.2) is 0 Å². The van der Waals surface area contributed by atoms with E-state index in [0.29, 0.717) is 6.04 Å². The van der Waals surface area contributed by atoms with Gasteiger partial charge >= 0.3 is 0 Å². The van der Waals surface area contributed by atoms with Crippen molar-refractivity contribution in [1.82, 2.24) is 15.8 Å². The van der Waals surface area contributed by atoms with Gasteiger partial charge in [-0.15, -0.1) is 24.0 Å². The molecular formula is C22H34IN5O2. The van der Waals surface area contributed by atoms with E-state index in [1.807, 2.05) is 26.0 Å². The molecule has 1 unspecified atom stereocenters. The van der Waals surface area contributed by atoms with E-state index in [0.717, 1.165) is 74.3 Å². The van der Waals surface area contributed by atoms with Gasteiger partial charge < -0.3 is 24.8 Å². The van der Waals surface area contributed by atoms with Crippen molar-refractivity contribution < 1.29 is 9.26 Å². The minimum absolute atomic E-state index is 0. The number of nitrogens with one attached hydrogen (secondary N) is 2. The summed E-state index contributed by atoms with van der Waals surface area (Å²) in [6.07, 6.45) is 2.98. The maximum Gasteiger partial charge on any atom is 0.191 e. The molecule has 3 rings (SSSR count). The van der Waals surface area contributed by atoms with Crippen LogP contribution in [0.25, 0.3) is 0 Å². The molecule has 166 valence electrons. The van der Waals surface area contributed by atoms with Crippen molar-refractivity contribution in [3.05, 3.63) is 41.3 Å². The lowest BCUT2D eigenvalue weighted by atomic mass is 10.1. The van der Waals surface area contributed by atoms with E-state index in [1.54, 1.807) is 7.11 Å². The Balaban J connectivity index is 0.00000320. The lowest BCUT2D eigenvalue weighted by molar-refractivity contribution is 0.392. The zero-order valence-corrected chi connectivity index (χ0v) is 20.7. The summed E-state index contributed by atoms with van der Waals surface area (Å²) in [5.41, 5.74) is 3.35. The summed E-state index contributed by atoms with van der Waals surface area (Å²) in [5.74, 6) is 2.73. The maximum atomic E-state index is 5.52. The number of aryl methyl sites for hydroxylation is 2. The minimum Gasteiger partial charge on any atom is -0.495 e. The van der Waals surface area contributed by atoms with Gasteiger partial charge in [0.05, 0.1) is 18.5 Å². The second-order valence-electron chi connectivity index (χ2n) is 7.41. The number of ether oxygens (including phenoxy) is 1. The average molecular weight is 527 g/mol. The highest BCUT2D eigenvalue weighted by molar-refractivity contribution is 14.0. The number of rotatable bonds is 8. The summed E-state index contributed by atoms with van der Waals surface area (Å²) in [7, 11) is 1.73. The fourth-order valence-electron chi connectivity index (χ4n) is 3.81. The molecule has 1 atom stereocenters. The highest BCUT2D eigenvalue weighted by Gasteiger charge is 2.25. The fourth-order valence-corrected chi connectivity index (χ4v) is 3.81. The topological polar surface area (TPSA) is 74.9 Å². The van der Waals surface area contributed by atoms with Crippen molar-refractivity contribution in [3.63, 3.8) is 0 Å². The third-order valence-corrected chi connectivity index (χ3v) is 5.34. The Labute approximate surface area is 196 Å². The number of methoxy groups -OCH3 is 1. The van der Waals surface area contributed by atoms with E-state index in [9.17, 15) is 0 Å². The van der Waals surface area contributed by atoms with Crippen LogP contribution in [0.2, 0.25) is 0 Å². The number of nitrogens with zero attached hydrogens (tertiary/aromatic N) is 3. The Bertz CT molecular complexity index is 804. The summed E-state index contributed by atoms with van der Waals surface area (Å²) in [4.78, 5) is 7.14. The Morgan fingerprint density at radius 2 is 2.13 bits per heavy atom. The number of hydrogen-bond donors (Lipinski definition) is 2. The zero-order chi connectivity index (χ0) is 20.6. The Morgan fingerprint density at radius 1 is 1.33 bits per heavy atom. The van der Waals surface area contributed by atoms with Gasteiger partial charge in [0.2, 0.25) is 0 Å². The minimum atomic E-state index is 0. The molecule has 0 bridgehead atoms. The normalized spacial score (nSPS) is 16.3. The Hall–Kier alpha value is -1.97. The first kappa shape index (κ1) is 24.3. The maximum absolute atomic E-state index is 5.52. The molecule has 2 heterocycles. The standard InChI is InChI=1S/C22H33N5O2.HI/c1-5-23-22(24-13-8-9-19-16(2)26-29-17(19)3)25-18-12-14-27(15-18)20-10-6-7-11-21(20)28-4;/h6-7,10-11,18H,5,8-9,12-15H2,1-4H3,(H2,23,24,25);1H. The number of aromatic nitrogens is 1. The number of para-hydroxylation sites is 2. The monoisotopic (exact) mass is 527 g/mol. The molecule has 0 aliphatic carbocycles. The Kier molecular flexibility index (Phi) is 9.74. The third kappa shape index (κ3) is 6.26. The molecular weight excluding hydrogens is 493 g/mol. The molecule has 7 nitrogen and oxygen atoms in total. The fraction of sp³-hybridized carbons (Fsp3) is 0.545. The summed E-state index contributed by atoms with van der Waals surface area (Å²) in [6.45, 7) is 9.61. The Morgan fingerprint density at radius 3 is 2.83 bits per heavy atom. The zero-order valence-electron chi connectivity index (χ0n) is 18.4. The van der Waals surface area contributed by atoms with Crippen LogP contribution in [0.4, 0.5) is 5.69 Å². The third-order valence-electron chi connectivity index (χ3n) is 5.34. The lowest BCUT2D eigenvalue weighted by Crippen LogP contribution is -2.44. The van der Waals surface area contributed by atoms with Crippen LogP contribution in [0.3, 0.4) is 0 Å². The highest BCUT2D eigenvalue weighted by Crippen LogP contribution is 2.30. The van der Waals surface area contributed by atoms with Crippen molar-refractivity contribution in [3.8, 4) is 5.75 Å². The van der Waals surface area contributed by atoms with Crippen molar-refractivity contribution in [1.29, 1.82) is 0 Å². The van der Waals surface area contributed by atoms with Crippen LogP contribution in [-0.4, -0.2) is 50.4 Å². The van der Waals surface area contributed by atoms with E-state index < -0.39 is 0 Å². The van der Waals surface area contributed by atoms with Gasteiger partial charge in [-0.2, -0.15) is 0 Å². The van der Waals surface area contributed by atoms with Crippen LogP contribution in [0, 0.1) is 13.8 Å². The second kappa shape index (κ2) is 12.0. The molecule has 1 aromatic carbocycles. The molecule has 0 saturated carbocycles. The number of benzene rings is 1. The number of aliphatic imine (C=N–C) groups is 1. The molecule has 1 fully saturated rings. The molecule has 0 spiro atoms. The van der Waals surface area contributed by atoms with Gasteiger partial charge in [0.25, 0.3) is 0 Å². The van der Waals surface area contributed by atoms with Gasteiger partial charge in [-0.1, -0.05) is 17.3 Å². The van der Waals surface area contributed by atoms with Crippen molar-refractivity contribution in [2.24, 2.45) is 4.99 Å². The number of anilines is 1. The van der Waals surface area contributed by atoms with E-state index in [4.69, 9.17) is 14.3 Å². The van der Waals surface area contributed by atoms with Crippen LogP contribution in [-0.2, 0) is 6.42 Å². The van der Waals surface area contributed by atoms with Gasteiger partial charge in [-0.05, 0) is 52.2 Å².